The van der Waals surface area contributed by atoms with E-state index in [4.69, 9.17) is 15.2 Å². The molecule has 0 aliphatic rings. The van der Waals surface area contributed by atoms with E-state index in [2.05, 4.69) is 10.3 Å². The molecule has 0 atom stereocenters. The highest BCUT2D eigenvalue weighted by atomic mass is 32.1. The van der Waals surface area contributed by atoms with Crippen LogP contribution in [0.5, 0.6) is 11.5 Å². The Balaban J connectivity index is 2.10. The molecule has 0 bridgehead atoms. The van der Waals surface area contributed by atoms with Crippen LogP contribution in [0.3, 0.4) is 0 Å². The zero-order valence-electron chi connectivity index (χ0n) is 14.2. The second-order valence-electron chi connectivity index (χ2n) is 5.28. The molecule has 0 radical (unpaired) electrons. The molecule has 1 heterocycles. The fourth-order valence-corrected chi connectivity index (χ4v) is 2.94. The van der Waals surface area contributed by atoms with Crippen molar-refractivity contribution in [2.75, 3.05) is 20.3 Å². The minimum absolute atomic E-state index is 0.220. The lowest BCUT2D eigenvalue weighted by molar-refractivity contribution is 0.0946. The summed E-state index contributed by atoms with van der Waals surface area (Å²) in [5.41, 5.74) is 6.92. The van der Waals surface area contributed by atoms with Crippen LogP contribution in [-0.4, -0.2) is 31.2 Å². The van der Waals surface area contributed by atoms with E-state index >= 15 is 0 Å². The van der Waals surface area contributed by atoms with Gasteiger partial charge in [0.05, 0.1) is 31.5 Å². The summed E-state index contributed by atoms with van der Waals surface area (Å²) >= 11 is 1.58. The van der Waals surface area contributed by atoms with Crippen molar-refractivity contribution in [1.82, 2.24) is 10.3 Å². The molecule has 6 nitrogen and oxygen atoms in total. The minimum Gasteiger partial charge on any atom is -0.497 e. The molecule has 1 aromatic heterocycles. The summed E-state index contributed by atoms with van der Waals surface area (Å²) in [5, 5.41) is 3.77. The molecule has 0 fully saturated rings. The van der Waals surface area contributed by atoms with E-state index in [1.807, 2.05) is 13.8 Å². The number of benzene rings is 1. The van der Waals surface area contributed by atoms with E-state index < -0.39 is 0 Å². The van der Waals surface area contributed by atoms with Gasteiger partial charge in [-0.25, -0.2) is 4.98 Å². The maximum atomic E-state index is 12.5. The standard InChI is InChI=1S/C17H23N3O3S/c1-11-12(2)24-16(20-11)10-19-17(21)14-9-13(22-3)5-6-15(14)23-8-4-7-18/h5-6,9H,4,7-8,10,18H2,1-3H3,(H,19,21). The third-order valence-corrected chi connectivity index (χ3v) is 4.58. The molecule has 0 spiro atoms. The fourth-order valence-electron chi connectivity index (χ4n) is 2.07. The number of aryl methyl sites for hydroxylation is 2. The predicted octanol–water partition coefficient (Wildman–Crippen LogP) is 2.43. The molecule has 0 unspecified atom stereocenters. The summed E-state index contributed by atoms with van der Waals surface area (Å²) in [4.78, 5) is 18.1. The monoisotopic (exact) mass is 349 g/mol. The van der Waals surface area contributed by atoms with Crippen molar-refractivity contribution in [3.8, 4) is 11.5 Å². The largest absolute Gasteiger partial charge is 0.497 e. The van der Waals surface area contributed by atoms with Gasteiger partial charge in [0.1, 0.15) is 16.5 Å². The third kappa shape index (κ3) is 4.69. The average molecular weight is 349 g/mol. The summed E-state index contributed by atoms with van der Waals surface area (Å²) in [6.45, 7) is 5.37. The Morgan fingerprint density at radius 2 is 2.17 bits per heavy atom. The highest BCUT2D eigenvalue weighted by molar-refractivity contribution is 7.11. The lowest BCUT2D eigenvalue weighted by atomic mass is 10.1. The molecule has 2 rings (SSSR count). The predicted molar refractivity (Wildman–Crippen MR) is 94.9 cm³/mol. The quantitative estimate of drug-likeness (QED) is 0.715. The van der Waals surface area contributed by atoms with Gasteiger partial charge < -0.3 is 20.5 Å². The molecule has 0 saturated heterocycles. The summed E-state index contributed by atoms with van der Waals surface area (Å²) in [6, 6.07) is 5.18. The SMILES string of the molecule is COc1ccc(OCCCN)c(C(=O)NCc2nc(C)c(C)s2)c1. The zero-order valence-corrected chi connectivity index (χ0v) is 15.0. The molecule has 0 saturated carbocycles. The molecule has 2 aromatic rings. The zero-order chi connectivity index (χ0) is 17.5. The smallest absolute Gasteiger partial charge is 0.255 e. The Morgan fingerprint density at radius 1 is 1.38 bits per heavy atom. The van der Waals surface area contributed by atoms with Gasteiger partial charge in [-0.2, -0.15) is 0 Å². The molecular weight excluding hydrogens is 326 g/mol. The minimum atomic E-state index is -0.220. The summed E-state index contributed by atoms with van der Waals surface area (Å²) in [7, 11) is 1.56. The van der Waals surface area contributed by atoms with E-state index in [0.717, 1.165) is 22.0 Å². The van der Waals surface area contributed by atoms with Crippen LogP contribution in [0.4, 0.5) is 0 Å². The molecule has 7 heteroatoms. The number of nitrogens with one attached hydrogen (secondary N) is 1. The highest BCUT2D eigenvalue weighted by Crippen LogP contribution is 2.25. The maximum Gasteiger partial charge on any atom is 0.255 e. The van der Waals surface area contributed by atoms with Crippen LogP contribution >= 0.6 is 11.3 Å². The van der Waals surface area contributed by atoms with Gasteiger partial charge in [0.25, 0.3) is 5.91 Å². The van der Waals surface area contributed by atoms with E-state index in [0.29, 0.717) is 36.8 Å². The lowest BCUT2D eigenvalue weighted by Gasteiger charge is -2.12. The first-order valence-electron chi connectivity index (χ1n) is 7.77. The molecule has 0 aliphatic heterocycles. The topological polar surface area (TPSA) is 86.5 Å². The number of nitrogens with zero attached hydrogens (tertiary/aromatic N) is 1. The van der Waals surface area contributed by atoms with Crippen LogP contribution in [0.2, 0.25) is 0 Å². The van der Waals surface area contributed by atoms with E-state index in [1.165, 1.54) is 0 Å². The summed E-state index contributed by atoms with van der Waals surface area (Å²) in [6.07, 6.45) is 0.727. The van der Waals surface area contributed by atoms with Crippen LogP contribution < -0.4 is 20.5 Å². The maximum absolute atomic E-state index is 12.5. The first kappa shape index (κ1) is 18.2. The Kier molecular flexibility index (Phi) is 6.57. The number of nitrogens with two attached hydrogens (primary N) is 1. The van der Waals surface area contributed by atoms with Gasteiger partial charge in [0.15, 0.2) is 0 Å². The van der Waals surface area contributed by atoms with Gasteiger partial charge >= 0.3 is 0 Å². The van der Waals surface area contributed by atoms with Gasteiger partial charge in [-0.15, -0.1) is 11.3 Å². The molecule has 0 aliphatic carbocycles. The van der Waals surface area contributed by atoms with Crippen molar-refractivity contribution in [3.63, 3.8) is 0 Å². The molecule has 24 heavy (non-hydrogen) atoms. The summed E-state index contributed by atoms with van der Waals surface area (Å²) in [5.74, 6) is 0.905. The molecule has 1 amide bonds. The number of hydrogen-bond acceptors (Lipinski definition) is 6. The van der Waals surface area contributed by atoms with Crippen LogP contribution in [0.1, 0.15) is 32.4 Å². The van der Waals surface area contributed by atoms with E-state index in [-0.39, 0.29) is 5.91 Å². The average Bonchev–Trinajstić information content (AvgIpc) is 2.91. The number of ether oxygens (including phenoxy) is 2. The first-order chi connectivity index (χ1) is 11.5. The number of hydrogen-bond donors (Lipinski definition) is 2. The van der Waals surface area contributed by atoms with Crippen LogP contribution in [-0.2, 0) is 6.54 Å². The van der Waals surface area contributed by atoms with Crippen molar-refractivity contribution >= 4 is 17.2 Å². The number of aromatic nitrogens is 1. The Hall–Kier alpha value is -2.12. The van der Waals surface area contributed by atoms with Crippen molar-refractivity contribution in [1.29, 1.82) is 0 Å². The van der Waals surface area contributed by atoms with Gasteiger partial charge in [-0.3, -0.25) is 4.79 Å². The summed E-state index contributed by atoms with van der Waals surface area (Å²) < 4.78 is 10.9. The van der Waals surface area contributed by atoms with Gasteiger partial charge in [0.2, 0.25) is 0 Å². The van der Waals surface area contributed by atoms with E-state index in [9.17, 15) is 4.79 Å². The second-order valence-corrected chi connectivity index (χ2v) is 6.57. The van der Waals surface area contributed by atoms with Crippen molar-refractivity contribution in [3.05, 3.63) is 39.3 Å². The number of amides is 1. The van der Waals surface area contributed by atoms with E-state index in [1.54, 1.807) is 36.6 Å². The number of carbonyl (C=O) groups is 1. The normalized spacial score (nSPS) is 10.5. The third-order valence-electron chi connectivity index (χ3n) is 3.51. The lowest BCUT2D eigenvalue weighted by Crippen LogP contribution is -2.23. The molecular formula is C17H23N3O3S. The van der Waals surface area contributed by atoms with Crippen molar-refractivity contribution in [2.45, 2.75) is 26.8 Å². The highest BCUT2D eigenvalue weighted by Gasteiger charge is 2.15. The Labute approximate surface area is 146 Å². The van der Waals surface area contributed by atoms with Crippen molar-refractivity contribution < 1.29 is 14.3 Å². The number of rotatable bonds is 8. The fraction of sp³-hybridized carbons (Fsp3) is 0.412. The number of methoxy groups -OCH3 is 1. The Bertz CT molecular complexity index is 681. The molecule has 3 N–H and O–H groups in total. The molecule has 1 aromatic carbocycles. The second kappa shape index (κ2) is 8.65. The van der Waals surface area contributed by atoms with Gasteiger partial charge in [-0.05, 0) is 45.0 Å². The van der Waals surface area contributed by atoms with Gasteiger partial charge in [-0.1, -0.05) is 0 Å². The Morgan fingerprint density at radius 3 is 2.79 bits per heavy atom. The van der Waals surface area contributed by atoms with Gasteiger partial charge in [0, 0.05) is 4.88 Å². The number of carbonyl (C=O) groups excluding carboxylic acids is 1. The van der Waals surface area contributed by atoms with Crippen LogP contribution in [0, 0.1) is 13.8 Å². The first-order valence-corrected chi connectivity index (χ1v) is 8.58. The van der Waals surface area contributed by atoms with Crippen LogP contribution in [0.25, 0.3) is 0 Å². The van der Waals surface area contributed by atoms with Crippen LogP contribution in [0.15, 0.2) is 18.2 Å². The molecule has 130 valence electrons. The van der Waals surface area contributed by atoms with Crippen molar-refractivity contribution in [2.24, 2.45) is 5.73 Å². The number of thiazole rings is 1.